The topological polar surface area (TPSA) is 21.3 Å². The molecule has 100 valence electrons. The van der Waals surface area contributed by atoms with E-state index in [9.17, 15) is 8.78 Å². The summed E-state index contributed by atoms with van der Waals surface area (Å²) < 4.78 is 32.7. The van der Waals surface area contributed by atoms with Gasteiger partial charge >= 0.3 is 0 Å². The van der Waals surface area contributed by atoms with Crippen molar-refractivity contribution in [3.63, 3.8) is 0 Å². The van der Waals surface area contributed by atoms with Gasteiger partial charge in [-0.1, -0.05) is 6.07 Å². The molecule has 1 aliphatic rings. The molecule has 2 nitrogen and oxygen atoms in total. The third kappa shape index (κ3) is 2.48. The second-order valence-electron chi connectivity index (χ2n) is 5.97. The highest BCUT2D eigenvalue weighted by atomic mass is 19.2. The minimum Gasteiger partial charge on any atom is -0.377 e. The van der Waals surface area contributed by atoms with Crippen LogP contribution < -0.4 is 5.32 Å². The summed E-state index contributed by atoms with van der Waals surface area (Å²) >= 11 is 0. The van der Waals surface area contributed by atoms with Crippen LogP contribution in [0.1, 0.15) is 34.1 Å². The van der Waals surface area contributed by atoms with Crippen LogP contribution in [0.4, 0.5) is 14.5 Å². The fraction of sp³-hybridized carbons (Fsp3) is 0.571. The highest BCUT2D eigenvalue weighted by molar-refractivity contribution is 5.46. The summed E-state index contributed by atoms with van der Waals surface area (Å²) in [6, 6.07) is 4.10. The Bertz CT molecular complexity index is 457. The van der Waals surface area contributed by atoms with Crippen molar-refractivity contribution < 1.29 is 13.5 Å². The zero-order chi connectivity index (χ0) is 13.6. The molecule has 1 aromatic carbocycles. The molecule has 1 saturated heterocycles. The number of nitrogens with one attached hydrogen (secondary N) is 1. The maximum absolute atomic E-state index is 13.6. The molecule has 4 heteroatoms. The van der Waals surface area contributed by atoms with Gasteiger partial charge in [-0.05, 0) is 46.2 Å². The van der Waals surface area contributed by atoms with Crippen LogP contribution in [0.5, 0.6) is 0 Å². The molecule has 0 aliphatic carbocycles. The fourth-order valence-corrected chi connectivity index (χ4v) is 2.59. The number of rotatable bonds is 2. The van der Waals surface area contributed by atoms with Gasteiger partial charge in [0.25, 0.3) is 0 Å². The second-order valence-corrected chi connectivity index (χ2v) is 5.97. The van der Waals surface area contributed by atoms with Gasteiger partial charge in [-0.2, -0.15) is 0 Å². The van der Waals surface area contributed by atoms with Crippen molar-refractivity contribution in [2.75, 3.05) is 5.32 Å². The molecule has 0 bridgehead atoms. The Morgan fingerprint density at radius 3 is 2.44 bits per heavy atom. The number of hydrogen-bond donors (Lipinski definition) is 1. The summed E-state index contributed by atoms with van der Waals surface area (Å²) in [5.41, 5.74) is -0.484. The molecule has 1 fully saturated rings. The van der Waals surface area contributed by atoms with E-state index >= 15 is 0 Å². The Morgan fingerprint density at radius 2 is 1.89 bits per heavy atom. The molecule has 1 aromatic rings. The average Bonchev–Trinajstić information content (AvgIpc) is 2.42. The number of hydrogen-bond acceptors (Lipinski definition) is 2. The Balaban J connectivity index is 2.22. The van der Waals surface area contributed by atoms with Crippen molar-refractivity contribution in [2.45, 2.75) is 51.4 Å². The van der Waals surface area contributed by atoms with E-state index in [1.54, 1.807) is 6.07 Å². The number of ether oxygens (including phenoxy) is 1. The summed E-state index contributed by atoms with van der Waals surface area (Å²) in [7, 11) is 0. The number of halogens is 2. The van der Waals surface area contributed by atoms with Crippen molar-refractivity contribution in [2.24, 2.45) is 0 Å². The molecule has 1 atom stereocenters. The first-order chi connectivity index (χ1) is 8.21. The maximum Gasteiger partial charge on any atom is 0.181 e. The Hall–Kier alpha value is -1.16. The lowest BCUT2D eigenvalue weighted by Crippen LogP contribution is -2.38. The van der Waals surface area contributed by atoms with E-state index in [2.05, 4.69) is 5.32 Å². The van der Waals surface area contributed by atoms with Gasteiger partial charge in [0.1, 0.15) is 0 Å². The molecule has 0 radical (unpaired) electrons. The van der Waals surface area contributed by atoms with E-state index in [0.717, 1.165) is 12.5 Å². The molecule has 1 aliphatic heterocycles. The molecular weight excluding hydrogens is 236 g/mol. The SMILES string of the molecule is CC1(C)CC(Nc2cccc(F)c2F)C(C)(C)O1. The van der Waals surface area contributed by atoms with Gasteiger partial charge in [0.05, 0.1) is 22.9 Å². The van der Waals surface area contributed by atoms with Gasteiger partial charge in [0.15, 0.2) is 11.6 Å². The van der Waals surface area contributed by atoms with Crippen molar-refractivity contribution in [1.29, 1.82) is 0 Å². The summed E-state index contributed by atoms with van der Waals surface area (Å²) in [6.07, 6.45) is 0.746. The minimum atomic E-state index is -0.837. The van der Waals surface area contributed by atoms with Gasteiger partial charge in [-0.3, -0.25) is 0 Å². The van der Waals surface area contributed by atoms with Crippen LogP contribution in [-0.4, -0.2) is 17.2 Å². The van der Waals surface area contributed by atoms with Crippen LogP contribution in [0.2, 0.25) is 0 Å². The van der Waals surface area contributed by atoms with Crippen LogP contribution in [0.3, 0.4) is 0 Å². The maximum atomic E-state index is 13.6. The highest BCUT2D eigenvalue weighted by Gasteiger charge is 2.46. The zero-order valence-electron chi connectivity index (χ0n) is 11.2. The van der Waals surface area contributed by atoms with E-state index in [-0.39, 0.29) is 17.3 Å². The largest absolute Gasteiger partial charge is 0.377 e. The molecule has 1 N–H and O–H groups in total. The third-order valence-electron chi connectivity index (χ3n) is 3.36. The van der Waals surface area contributed by atoms with Gasteiger partial charge in [0.2, 0.25) is 0 Å². The molecule has 0 amide bonds. The van der Waals surface area contributed by atoms with Crippen molar-refractivity contribution in [3.05, 3.63) is 29.8 Å². The molecular formula is C14H19F2NO. The lowest BCUT2D eigenvalue weighted by atomic mass is 9.94. The Morgan fingerprint density at radius 1 is 1.22 bits per heavy atom. The van der Waals surface area contributed by atoms with E-state index < -0.39 is 17.2 Å². The molecule has 0 saturated carbocycles. The Kier molecular flexibility index (Phi) is 3.09. The van der Waals surface area contributed by atoms with E-state index in [4.69, 9.17) is 4.74 Å². The van der Waals surface area contributed by atoms with E-state index in [0.29, 0.717) is 0 Å². The first-order valence-corrected chi connectivity index (χ1v) is 6.12. The molecule has 18 heavy (non-hydrogen) atoms. The fourth-order valence-electron chi connectivity index (χ4n) is 2.59. The molecule has 0 spiro atoms. The molecule has 2 rings (SSSR count). The third-order valence-corrected chi connectivity index (χ3v) is 3.36. The van der Waals surface area contributed by atoms with Crippen LogP contribution in [0.25, 0.3) is 0 Å². The second kappa shape index (κ2) is 4.19. The first-order valence-electron chi connectivity index (χ1n) is 6.12. The monoisotopic (exact) mass is 255 g/mol. The van der Waals surface area contributed by atoms with Gasteiger partial charge in [-0.25, -0.2) is 8.78 Å². The van der Waals surface area contributed by atoms with Gasteiger partial charge in [-0.15, -0.1) is 0 Å². The molecule has 1 heterocycles. The molecule has 1 unspecified atom stereocenters. The van der Waals surface area contributed by atoms with Crippen LogP contribution in [0, 0.1) is 11.6 Å². The van der Waals surface area contributed by atoms with Crippen molar-refractivity contribution in [3.8, 4) is 0 Å². The van der Waals surface area contributed by atoms with Crippen LogP contribution in [-0.2, 0) is 4.74 Å². The van der Waals surface area contributed by atoms with Gasteiger partial charge < -0.3 is 10.1 Å². The van der Waals surface area contributed by atoms with Crippen molar-refractivity contribution in [1.82, 2.24) is 0 Å². The summed E-state index contributed by atoms with van der Waals surface area (Å²) in [5.74, 6) is -1.67. The lowest BCUT2D eigenvalue weighted by molar-refractivity contribution is -0.0662. The predicted molar refractivity (Wildman–Crippen MR) is 67.6 cm³/mol. The van der Waals surface area contributed by atoms with Crippen molar-refractivity contribution >= 4 is 5.69 Å². The van der Waals surface area contributed by atoms with Gasteiger partial charge in [0, 0.05) is 0 Å². The smallest absolute Gasteiger partial charge is 0.181 e. The normalized spacial score (nSPS) is 25.1. The first kappa shape index (κ1) is 13.3. The highest BCUT2D eigenvalue weighted by Crippen LogP contribution is 2.39. The lowest BCUT2D eigenvalue weighted by Gasteiger charge is -2.28. The number of benzene rings is 1. The quantitative estimate of drug-likeness (QED) is 0.869. The average molecular weight is 255 g/mol. The summed E-state index contributed by atoms with van der Waals surface area (Å²) in [4.78, 5) is 0. The molecule has 0 aromatic heterocycles. The summed E-state index contributed by atoms with van der Waals surface area (Å²) in [6.45, 7) is 7.91. The summed E-state index contributed by atoms with van der Waals surface area (Å²) in [5, 5.41) is 3.06. The minimum absolute atomic E-state index is 0.0520. The van der Waals surface area contributed by atoms with Crippen LogP contribution in [0.15, 0.2) is 18.2 Å². The zero-order valence-corrected chi connectivity index (χ0v) is 11.2. The number of anilines is 1. The van der Waals surface area contributed by atoms with E-state index in [1.165, 1.54) is 6.07 Å². The standard InChI is InChI=1S/C14H19F2NO/c1-13(2)8-11(14(3,4)18-13)17-10-7-5-6-9(15)12(10)16/h5-7,11,17H,8H2,1-4H3. The Labute approximate surface area is 106 Å². The van der Waals surface area contributed by atoms with Crippen LogP contribution >= 0.6 is 0 Å². The van der Waals surface area contributed by atoms with E-state index in [1.807, 2.05) is 27.7 Å². The predicted octanol–water partition coefficient (Wildman–Crippen LogP) is 3.72.